The van der Waals surface area contributed by atoms with Gasteiger partial charge in [-0.15, -0.1) is 0 Å². The number of hydrogen-bond acceptors (Lipinski definition) is 4. The summed E-state index contributed by atoms with van der Waals surface area (Å²) in [7, 11) is 2.15. The topological polar surface area (TPSA) is 52.6 Å². The third-order valence-corrected chi connectivity index (χ3v) is 1.95. The monoisotopic (exact) mass is 242 g/mol. The quantitative estimate of drug-likeness (QED) is 0.688. The summed E-state index contributed by atoms with van der Waals surface area (Å²) in [5.41, 5.74) is 0. The number of carbonyl (C=O) groups excluding carboxylic acids is 2. The number of carbonyl (C=O) groups is 2. The number of halogens is 3. The van der Waals surface area contributed by atoms with Gasteiger partial charge in [0.05, 0.1) is 26.6 Å². The molecule has 4 nitrogen and oxygen atoms in total. The van der Waals surface area contributed by atoms with Crippen molar-refractivity contribution in [2.24, 2.45) is 5.92 Å². The van der Waals surface area contributed by atoms with Gasteiger partial charge in [-0.05, 0) is 6.42 Å². The lowest BCUT2D eigenvalue weighted by molar-refractivity contribution is -0.157. The Labute approximate surface area is 90.7 Å². The minimum Gasteiger partial charge on any atom is -0.469 e. The fourth-order valence-electron chi connectivity index (χ4n) is 1.09. The van der Waals surface area contributed by atoms with E-state index >= 15 is 0 Å². The third kappa shape index (κ3) is 6.26. The molecular weight excluding hydrogens is 229 g/mol. The third-order valence-electron chi connectivity index (χ3n) is 1.95. The molecule has 0 rings (SSSR count). The van der Waals surface area contributed by atoms with Gasteiger partial charge in [0.1, 0.15) is 0 Å². The molecule has 7 heteroatoms. The van der Waals surface area contributed by atoms with Crippen LogP contribution in [0.1, 0.15) is 19.3 Å². The second-order valence-electron chi connectivity index (χ2n) is 3.15. The van der Waals surface area contributed by atoms with Crippen molar-refractivity contribution < 1.29 is 32.2 Å². The highest BCUT2D eigenvalue weighted by molar-refractivity contribution is 5.79. The Kier molecular flexibility index (Phi) is 5.84. The summed E-state index contributed by atoms with van der Waals surface area (Å²) in [6.45, 7) is 0. The maximum Gasteiger partial charge on any atom is 0.389 e. The number of alkyl halides is 3. The smallest absolute Gasteiger partial charge is 0.389 e. The molecule has 0 bridgehead atoms. The Hall–Kier alpha value is -1.27. The summed E-state index contributed by atoms with van der Waals surface area (Å²) in [6.07, 6.45) is -6.38. The van der Waals surface area contributed by atoms with Crippen molar-refractivity contribution in [2.75, 3.05) is 14.2 Å². The molecule has 0 heterocycles. The maximum absolute atomic E-state index is 11.9. The first-order chi connectivity index (χ1) is 7.30. The molecule has 0 radical (unpaired) electrons. The van der Waals surface area contributed by atoms with Gasteiger partial charge < -0.3 is 9.47 Å². The second-order valence-corrected chi connectivity index (χ2v) is 3.15. The first-order valence-electron chi connectivity index (χ1n) is 4.51. The first-order valence-corrected chi connectivity index (χ1v) is 4.51. The van der Waals surface area contributed by atoms with Gasteiger partial charge in [0.2, 0.25) is 0 Å². The Balaban J connectivity index is 4.33. The van der Waals surface area contributed by atoms with E-state index in [-0.39, 0.29) is 0 Å². The van der Waals surface area contributed by atoms with Crippen LogP contribution < -0.4 is 0 Å². The van der Waals surface area contributed by atoms with E-state index in [0.29, 0.717) is 0 Å². The summed E-state index contributed by atoms with van der Waals surface area (Å²) in [5, 5.41) is 0. The molecule has 0 spiro atoms. The normalized spacial score (nSPS) is 13.1. The Bertz CT molecular complexity index is 250. The van der Waals surface area contributed by atoms with Gasteiger partial charge >= 0.3 is 18.1 Å². The molecule has 0 aliphatic rings. The van der Waals surface area contributed by atoms with Crippen LogP contribution in [0.2, 0.25) is 0 Å². The van der Waals surface area contributed by atoms with Crippen molar-refractivity contribution in [1.82, 2.24) is 0 Å². The zero-order chi connectivity index (χ0) is 12.8. The summed E-state index contributed by atoms with van der Waals surface area (Å²) < 4.78 is 44.4. The number of ether oxygens (including phenoxy) is 2. The van der Waals surface area contributed by atoms with Gasteiger partial charge in [-0.2, -0.15) is 13.2 Å². The average Bonchev–Trinajstić information content (AvgIpc) is 2.21. The highest BCUT2D eigenvalue weighted by Gasteiger charge is 2.32. The standard InChI is InChI=1S/C9H13F3O4/c1-15-7(13)5-6(8(14)16-2)3-4-9(10,11)12/h6H,3-5H2,1-2H3/t6-/m1/s1. The zero-order valence-electron chi connectivity index (χ0n) is 8.97. The summed E-state index contributed by atoms with van der Waals surface area (Å²) in [4.78, 5) is 21.9. The summed E-state index contributed by atoms with van der Waals surface area (Å²) in [6, 6.07) is 0. The fourth-order valence-corrected chi connectivity index (χ4v) is 1.09. The van der Waals surface area contributed by atoms with E-state index in [1.165, 1.54) is 0 Å². The molecule has 0 aromatic carbocycles. The summed E-state index contributed by atoms with van der Waals surface area (Å²) in [5.74, 6) is -2.69. The van der Waals surface area contributed by atoms with Crippen molar-refractivity contribution in [2.45, 2.75) is 25.4 Å². The van der Waals surface area contributed by atoms with Gasteiger partial charge in [0, 0.05) is 6.42 Å². The minimum atomic E-state index is -4.36. The van der Waals surface area contributed by atoms with Crippen LogP contribution in [-0.2, 0) is 19.1 Å². The van der Waals surface area contributed by atoms with Gasteiger partial charge in [-0.25, -0.2) is 0 Å². The predicted molar refractivity (Wildman–Crippen MR) is 47.4 cm³/mol. The lowest BCUT2D eigenvalue weighted by atomic mass is 9.99. The van der Waals surface area contributed by atoms with E-state index in [1.54, 1.807) is 0 Å². The van der Waals surface area contributed by atoms with Crippen LogP contribution in [0.25, 0.3) is 0 Å². The molecule has 0 unspecified atom stereocenters. The molecule has 1 atom stereocenters. The summed E-state index contributed by atoms with van der Waals surface area (Å²) >= 11 is 0. The van der Waals surface area contributed by atoms with Crippen molar-refractivity contribution in [3.8, 4) is 0 Å². The van der Waals surface area contributed by atoms with Crippen LogP contribution in [-0.4, -0.2) is 32.3 Å². The zero-order valence-corrected chi connectivity index (χ0v) is 8.97. The SMILES string of the molecule is COC(=O)C[C@@H](CCC(F)(F)F)C(=O)OC. The van der Waals surface area contributed by atoms with E-state index in [4.69, 9.17) is 0 Å². The fraction of sp³-hybridized carbons (Fsp3) is 0.778. The lowest BCUT2D eigenvalue weighted by Gasteiger charge is -2.14. The highest BCUT2D eigenvalue weighted by Crippen LogP contribution is 2.26. The van der Waals surface area contributed by atoms with Gasteiger partial charge in [0.15, 0.2) is 0 Å². The van der Waals surface area contributed by atoms with E-state index in [1.807, 2.05) is 0 Å². The van der Waals surface area contributed by atoms with Gasteiger partial charge in [-0.3, -0.25) is 9.59 Å². The lowest BCUT2D eigenvalue weighted by Crippen LogP contribution is -2.22. The molecule has 0 N–H and O–H groups in total. The number of esters is 2. The number of hydrogen-bond donors (Lipinski definition) is 0. The van der Waals surface area contributed by atoms with Crippen molar-refractivity contribution in [1.29, 1.82) is 0 Å². The molecule has 0 amide bonds. The number of rotatable bonds is 5. The molecule has 0 fully saturated rings. The van der Waals surface area contributed by atoms with E-state index in [9.17, 15) is 22.8 Å². The largest absolute Gasteiger partial charge is 0.469 e. The minimum absolute atomic E-state index is 0.404. The Morgan fingerprint density at radius 1 is 1.19 bits per heavy atom. The average molecular weight is 242 g/mol. The molecule has 16 heavy (non-hydrogen) atoms. The van der Waals surface area contributed by atoms with Crippen LogP contribution >= 0.6 is 0 Å². The first kappa shape index (κ1) is 14.7. The molecule has 94 valence electrons. The molecule has 0 saturated heterocycles. The van der Waals surface area contributed by atoms with Crippen LogP contribution in [0, 0.1) is 5.92 Å². The van der Waals surface area contributed by atoms with E-state index in [0.717, 1.165) is 14.2 Å². The predicted octanol–water partition coefficient (Wildman–Crippen LogP) is 1.68. The maximum atomic E-state index is 11.9. The molecular formula is C9H13F3O4. The van der Waals surface area contributed by atoms with Crippen molar-refractivity contribution in [3.05, 3.63) is 0 Å². The molecule has 0 saturated carbocycles. The van der Waals surface area contributed by atoms with Crippen molar-refractivity contribution >= 4 is 11.9 Å². The second kappa shape index (κ2) is 6.34. The Morgan fingerprint density at radius 3 is 2.12 bits per heavy atom. The molecule has 0 aliphatic heterocycles. The molecule has 0 aromatic rings. The van der Waals surface area contributed by atoms with Gasteiger partial charge in [-0.1, -0.05) is 0 Å². The van der Waals surface area contributed by atoms with Gasteiger partial charge in [0.25, 0.3) is 0 Å². The van der Waals surface area contributed by atoms with Crippen LogP contribution in [0.3, 0.4) is 0 Å². The van der Waals surface area contributed by atoms with E-state index in [2.05, 4.69) is 9.47 Å². The van der Waals surface area contributed by atoms with Crippen LogP contribution in [0.5, 0.6) is 0 Å². The Morgan fingerprint density at radius 2 is 1.75 bits per heavy atom. The molecule has 0 aromatic heterocycles. The molecule has 0 aliphatic carbocycles. The highest BCUT2D eigenvalue weighted by atomic mass is 19.4. The van der Waals surface area contributed by atoms with Crippen LogP contribution in [0.4, 0.5) is 13.2 Å². The van der Waals surface area contributed by atoms with Crippen LogP contribution in [0.15, 0.2) is 0 Å². The van der Waals surface area contributed by atoms with E-state index < -0.39 is 43.3 Å². The van der Waals surface area contributed by atoms with Crippen molar-refractivity contribution in [3.63, 3.8) is 0 Å². The number of methoxy groups -OCH3 is 2.